The molecular formula is C12H32O11P4S3. The summed E-state index contributed by atoms with van der Waals surface area (Å²) < 4.78 is 47.9. The van der Waals surface area contributed by atoms with Gasteiger partial charge in [0, 0.05) is 0 Å². The largest absolute Gasteiger partial charge is 0.395 e. The lowest BCUT2D eigenvalue weighted by atomic mass is 10.5. The highest BCUT2D eigenvalue weighted by atomic mass is 33.1. The Hall–Kier alpha value is 1.75. The lowest BCUT2D eigenvalue weighted by Crippen LogP contribution is -2.05. The van der Waals surface area contributed by atoms with E-state index in [4.69, 9.17) is 65.6 Å². The summed E-state index contributed by atoms with van der Waals surface area (Å²) in [4.78, 5) is 31.7. The smallest absolute Gasteiger partial charge is 0.316 e. The molecule has 11 nitrogen and oxygen atoms in total. The summed E-state index contributed by atoms with van der Waals surface area (Å²) in [5.74, 6) is 0. The third-order valence-electron chi connectivity index (χ3n) is 2.23. The summed E-state index contributed by atoms with van der Waals surface area (Å²) in [7, 11) is 0. The Morgan fingerprint density at radius 2 is 0.867 bits per heavy atom. The maximum Gasteiger partial charge on any atom is 0.395 e. The Bertz CT molecular complexity index is 563. The van der Waals surface area contributed by atoms with Gasteiger partial charge in [0.05, 0.1) is 37.4 Å². The number of hydrogen-bond acceptors (Lipinski definition) is 10. The summed E-state index contributed by atoms with van der Waals surface area (Å²) in [5.41, 5.74) is 0. The second-order valence-corrected chi connectivity index (χ2v) is 18.5. The monoisotopic (exact) mass is 572 g/mol. The average Bonchev–Trinajstić information content (AvgIpc) is 2.59. The van der Waals surface area contributed by atoms with Crippen molar-refractivity contribution in [3.8, 4) is 0 Å². The molecule has 0 fully saturated rings. The van der Waals surface area contributed by atoms with E-state index in [1.165, 1.54) is 0 Å². The van der Waals surface area contributed by atoms with Gasteiger partial charge in [-0.25, -0.2) is 13.4 Å². The lowest BCUT2D eigenvalue weighted by Gasteiger charge is -2.28. The molecule has 0 aromatic carbocycles. The highest BCUT2D eigenvalue weighted by Crippen LogP contribution is 2.70. The van der Waals surface area contributed by atoms with Crippen LogP contribution in [0.25, 0.3) is 0 Å². The molecular weight excluding hydrogens is 540 g/mol. The second kappa shape index (κ2) is 17.2. The summed E-state index contributed by atoms with van der Waals surface area (Å²) >= 11 is 10.2. The Balaban J connectivity index is 0. The van der Waals surface area contributed by atoms with E-state index < -0.39 is 38.0 Å². The van der Waals surface area contributed by atoms with E-state index in [9.17, 15) is 9.13 Å². The first-order chi connectivity index (χ1) is 13.7. The van der Waals surface area contributed by atoms with Crippen LogP contribution in [0.5, 0.6) is 0 Å². The average molecular weight is 572 g/mol. The van der Waals surface area contributed by atoms with Crippen molar-refractivity contribution >= 4 is 61.6 Å². The molecule has 0 amide bonds. The van der Waals surface area contributed by atoms with Gasteiger partial charge in [0.1, 0.15) is 0 Å². The first-order valence-corrected chi connectivity index (χ1v) is 19.3. The van der Waals surface area contributed by atoms with Crippen molar-refractivity contribution in [2.24, 2.45) is 0 Å². The molecule has 0 rings (SSSR count). The van der Waals surface area contributed by atoms with E-state index in [0.717, 1.165) is 25.7 Å². The van der Waals surface area contributed by atoms with E-state index in [1.807, 2.05) is 27.7 Å². The summed E-state index contributed by atoms with van der Waals surface area (Å²) in [6.45, 7) is -5.25. The Labute approximate surface area is 192 Å². The molecule has 184 valence electrons. The third-order valence-corrected chi connectivity index (χ3v) is 13.8. The molecule has 0 spiro atoms. The summed E-state index contributed by atoms with van der Waals surface area (Å²) in [5, 5.41) is 0. The molecule has 30 heavy (non-hydrogen) atoms. The van der Waals surface area contributed by atoms with Gasteiger partial charge in [-0.3, -0.25) is 0 Å². The van der Waals surface area contributed by atoms with Gasteiger partial charge in [-0.05, 0) is 49.3 Å². The summed E-state index contributed by atoms with van der Waals surface area (Å²) in [6, 6.07) is 0. The number of rotatable bonds is 16. The van der Waals surface area contributed by atoms with E-state index in [1.54, 1.807) is 0 Å². The van der Waals surface area contributed by atoms with Crippen LogP contribution >= 0.6 is 38.0 Å². The molecule has 4 N–H and O–H groups in total. The molecule has 0 saturated carbocycles. The van der Waals surface area contributed by atoms with Gasteiger partial charge < -0.3 is 37.7 Å². The van der Waals surface area contributed by atoms with Crippen LogP contribution in [0.15, 0.2) is 0 Å². The van der Waals surface area contributed by atoms with Gasteiger partial charge in [0.2, 0.25) is 0 Å². The van der Waals surface area contributed by atoms with Gasteiger partial charge in [0.25, 0.3) is 0 Å². The topological polar surface area (TPSA) is 161 Å². The SMILES string of the molecule is CCCOP(=S)(OCCC)OP(=S)(OCCC)OCCC.O=P(O)(O)SP(=O)(O)O. The molecule has 0 aromatic rings. The van der Waals surface area contributed by atoms with Crippen LogP contribution in [0, 0.1) is 0 Å². The first kappa shape index (κ1) is 33.9. The minimum atomic E-state index is -4.63. The third kappa shape index (κ3) is 21.6. The standard InChI is InChI=1S/C12H28O5P2S2.H4O6P2S/c1-5-9-13-18(20,14-10-6-2)17-19(21,15-11-7-3)16-12-8-4;1-7(2,3)9-8(4,5)6/h5-12H2,1-4H3;(H2,1,2,3)(H2,4,5,6). The molecule has 0 unspecified atom stereocenters. The molecule has 0 heterocycles. The van der Waals surface area contributed by atoms with Crippen LogP contribution in [-0.4, -0.2) is 46.0 Å². The Morgan fingerprint density at radius 1 is 0.633 bits per heavy atom. The highest BCUT2D eigenvalue weighted by molar-refractivity contribution is 8.84. The second-order valence-electron chi connectivity index (χ2n) is 5.37. The van der Waals surface area contributed by atoms with Crippen LogP contribution in [0.3, 0.4) is 0 Å². The van der Waals surface area contributed by atoms with Crippen LogP contribution in [0.4, 0.5) is 0 Å². The van der Waals surface area contributed by atoms with Gasteiger partial charge in [-0.2, -0.15) is 0 Å². The normalized spacial score (nSPS) is 13.1. The van der Waals surface area contributed by atoms with Crippen LogP contribution in [0.1, 0.15) is 53.4 Å². The zero-order valence-electron chi connectivity index (χ0n) is 17.3. The number of hydrogen-bond donors (Lipinski definition) is 4. The fourth-order valence-electron chi connectivity index (χ4n) is 1.24. The molecule has 0 aliphatic heterocycles. The fourth-order valence-corrected chi connectivity index (χ4v) is 11.2. The van der Waals surface area contributed by atoms with Crippen molar-refractivity contribution < 1.29 is 51.1 Å². The van der Waals surface area contributed by atoms with Gasteiger partial charge in [0.15, 0.2) is 0 Å². The van der Waals surface area contributed by atoms with Crippen molar-refractivity contribution in [1.82, 2.24) is 0 Å². The summed E-state index contributed by atoms with van der Waals surface area (Å²) in [6.07, 6.45) is 3.30. The minimum absolute atomic E-state index is 0.470. The van der Waals surface area contributed by atoms with Crippen molar-refractivity contribution in [3.05, 3.63) is 0 Å². The van der Waals surface area contributed by atoms with Gasteiger partial charge in [-0.15, -0.1) is 0 Å². The molecule has 0 saturated heterocycles. The van der Waals surface area contributed by atoms with Crippen LogP contribution in [-0.2, 0) is 55.1 Å². The van der Waals surface area contributed by atoms with Gasteiger partial charge in [-0.1, -0.05) is 27.7 Å². The highest BCUT2D eigenvalue weighted by Gasteiger charge is 2.32. The van der Waals surface area contributed by atoms with Crippen molar-refractivity contribution in [3.63, 3.8) is 0 Å². The Morgan fingerprint density at radius 3 is 1.00 bits per heavy atom. The van der Waals surface area contributed by atoms with Crippen molar-refractivity contribution in [2.75, 3.05) is 26.4 Å². The van der Waals surface area contributed by atoms with E-state index in [-0.39, 0.29) is 0 Å². The molecule has 0 bridgehead atoms. The predicted octanol–water partition coefficient (Wildman–Crippen LogP) is 5.06. The molecule has 18 heteroatoms. The zero-order chi connectivity index (χ0) is 23.9. The maximum absolute atomic E-state index is 9.81. The quantitative estimate of drug-likeness (QED) is 0.182. The fraction of sp³-hybridized carbons (Fsp3) is 1.00. The molecule has 0 aromatic heterocycles. The molecule has 0 radical (unpaired) electrons. The predicted molar refractivity (Wildman–Crippen MR) is 126 cm³/mol. The molecule has 0 aliphatic rings. The van der Waals surface area contributed by atoms with E-state index in [2.05, 4.69) is 0 Å². The lowest BCUT2D eigenvalue weighted by molar-refractivity contribution is 0.162. The van der Waals surface area contributed by atoms with Crippen molar-refractivity contribution in [1.29, 1.82) is 0 Å². The molecule has 0 aliphatic carbocycles. The first-order valence-electron chi connectivity index (χ1n) is 8.97. The maximum atomic E-state index is 9.81. The van der Waals surface area contributed by atoms with Gasteiger partial charge >= 0.3 is 27.0 Å². The van der Waals surface area contributed by atoms with E-state index in [0.29, 0.717) is 26.4 Å². The zero-order valence-corrected chi connectivity index (χ0v) is 23.3. The van der Waals surface area contributed by atoms with Crippen LogP contribution in [0.2, 0.25) is 0 Å². The van der Waals surface area contributed by atoms with Crippen molar-refractivity contribution in [2.45, 2.75) is 53.4 Å². The molecule has 0 atom stereocenters. The minimum Gasteiger partial charge on any atom is -0.316 e. The Kier molecular flexibility index (Phi) is 19.5. The van der Waals surface area contributed by atoms with Crippen LogP contribution < -0.4 is 0 Å². The van der Waals surface area contributed by atoms with E-state index >= 15 is 0 Å².